The second-order valence-corrected chi connectivity index (χ2v) is 11.8. The van der Waals surface area contributed by atoms with E-state index >= 15 is 0 Å². The predicted molar refractivity (Wildman–Crippen MR) is 159 cm³/mol. The molecule has 0 radical (unpaired) electrons. The molecule has 5 heterocycles. The Morgan fingerprint density at radius 1 is 0.875 bits per heavy atom. The standard InChI is InChI=1S/C31H39N9/c1-22-16-34-31-29(28(22)35-26-8-10-38(11-9-26)19-23-2-3-23)36-30(37-31)25-4-6-27(7-5-25)40-14-12-39(13-15-40)20-24-17-32-21-33-18-24/h4-7,16-18,21,23,26H,2-3,8-15,19-20H2,1H3,(H2,34,35,36,37). The van der Waals surface area contributed by atoms with Gasteiger partial charge in [0.05, 0.1) is 5.69 Å². The Morgan fingerprint density at radius 2 is 1.62 bits per heavy atom. The number of aryl methyl sites for hydroxylation is 1. The van der Waals surface area contributed by atoms with E-state index in [4.69, 9.17) is 4.98 Å². The molecule has 9 nitrogen and oxygen atoms in total. The number of hydrogen-bond donors (Lipinski definition) is 2. The zero-order valence-corrected chi connectivity index (χ0v) is 23.4. The predicted octanol–water partition coefficient (Wildman–Crippen LogP) is 4.33. The Hall–Kier alpha value is -3.56. The molecule has 9 heteroatoms. The number of benzene rings is 1. The van der Waals surface area contributed by atoms with Crippen LogP contribution in [-0.2, 0) is 6.54 Å². The number of fused-ring (bicyclic) bond motifs is 1. The minimum absolute atomic E-state index is 0.487. The van der Waals surface area contributed by atoms with Crippen LogP contribution in [0.1, 0.15) is 36.8 Å². The largest absolute Gasteiger partial charge is 0.380 e. The lowest BCUT2D eigenvalue weighted by atomic mass is 10.0. The fourth-order valence-corrected chi connectivity index (χ4v) is 6.16. The Kier molecular flexibility index (Phi) is 7.07. The minimum atomic E-state index is 0.487. The number of piperazine rings is 1. The van der Waals surface area contributed by atoms with E-state index in [0.29, 0.717) is 6.04 Å². The second-order valence-electron chi connectivity index (χ2n) is 11.8. The molecule has 40 heavy (non-hydrogen) atoms. The first kappa shape index (κ1) is 25.4. The van der Waals surface area contributed by atoms with Crippen LogP contribution in [0.15, 0.2) is 49.2 Å². The molecule has 0 bridgehead atoms. The Bertz CT molecular complexity index is 1410. The number of aromatic nitrogens is 5. The number of nitrogens with one attached hydrogen (secondary N) is 2. The molecule has 0 atom stereocenters. The lowest BCUT2D eigenvalue weighted by Crippen LogP contribution is -2.45. The summed E-state index contributed by atoms with van der Waals surface area (Å²) in [6.07, 6.45) is 12.6. The van der Waals surface area contributed by atoms with Crippen LogP contribution in [0.2, 0.25) is 0 Å². The first-order valence-electron chi connectivity index (χ1n) is 14.8. The minimum Gasteiger partial charge on any atom is -0.380 e. The van der Waals surface area contributed by atoms with Gasteiger partial charge in [-0.2, -0.15) is 0 Å². The molecule has 1 aliphatic carbocycles. The van der Waals surface area contributed by atoms with Gasteiger partial charge in [0.25, 0.3) is 0 Å². The van der Waals surface area contributed by atoms with Gasteiger partial charge in [-0.15, -0.1) is 0 Å². The summed E-state index contributed by atoms with van der Waals surface area (Å²) in [5.41, 5.74) is 7.58. The number of likely N-dealkylation sites (tertiary alicyclic amines) is 1. The van der Waals surface area contributed by atoms with Crippen molar-refractivity contribution in [2.24, 2.45) is 5.92 Å². The SMILES string of the molecule is Cc1cnc2[nH]c(-c3ccc(N4CCN(Cc5cncnc5)CC4)cc3)nc2c1NC1CCN(CC2CC2)CC1. The number of imidazole rings is 1. The maximum Gasteiger partial charge on any atom is 0.159 e. The van der Waals surface area contributed by atoms with E-state index in [1.165, 1.54) is 56.6 Å². The average molecular weight is 538 g/mol. The van der Waals surface area contributed by atoms with Crippen LogP contribution in [0.3, 0.4) is 0 Å². The van der Waals surface area contributed by atoms with E-state index in [9.17, 15) is 0 Å². The van der Waals surface area contributed by atoms with Gasteiger partial charge < -0.3 is 20.1 Å². The van der Waals surface area contributed by atoms with Crippen molar-refractivity contribution in [3.8, 4) is 11.4 Å². The van der Waals surface area contributed by atoms with Crippen LogP contribution >= 0.6 is 0 Å². The van der Waals surface area contributed by atoms with Gasteiger partial charge in [-0.25, -0.2) is 19.9 Å². The van der Waals surface area contributed by atoms with Crippen LogP contribution in [0.5, 0.6) is 0 Å². The quantitative estimate of drug-likeness (QED) is 0.343. The highest BCUT2D eigenvalue weighted by molar-refractivity contribution is 5.89. The van der Waals surface area contributed by atoms with Gasteiger partial charge in [-0.3, -0.25) is 4.90 Å². The number of aromatic amines is 1. The number of rotatable bonds is 8. The second kappa shape index (κ2) is 11.1. The first-order chi connectivity index (χ1) is 19.7. The summed E-state index contributed by atoms with van der Waals surface area (Å²) in [6.45, 7) is 10.8. The molecule has 2 saturated heterocycles. The lowest BCUT2D eigenvalue weighted by molar-refractivity contribution is 0.211. The van der Waals surface area contributed by atoms with E-state index in [-0.39, 0.29) is 0 Å². The molecular weight excluding hydrogens is 498 g/mol. The smallest absolute Gasteiger partial charge is 0.159 e. The topological polar surface area (TPSA) is 89.1 Å². The van der Waals surface area contributed by atoms with E-state index in [0.717, 1.165) is 72.4 Å². The van der Waals surface area contributed by atoms with Crippen molar-refractivity contribution in [3.05, 3.63) is 60.3 Å². The molecular formula is C31H39N9. The van der Waals surface area contributed by atoms with Crippen molar-refractivity contribution < 1.29 is 0 Å². The fourth-order valence-electron chi connectivity index (χ4n) is 6.16. The highest BCUT2D eigenvalue weighted by Crippen LogP contribution is 2.32. The van der Waals surface area contributed by atoms with Crippen molar-refractivity contribution >= 4 is 22.5 Å². The number of nitrogens with zero attached hydrogens (tertiary/aromatic N) is 7. The zero-order chi connectivity index (χ0) is 26.9. The normalized spacial score (nSPS) is 19.4. The van der Waals surface area contributed by atoms with Gasteiger partial charge in [0.15, 0.2) is 5.65 Å². The maximum atomic E-state index is 5.04. The molecule has 4 aromatic rings. The third-order valence-electron chi connectivity index (χ3n) is 8.75. The third kappa shape index (κ3) is 5.67. The summed E-state index contributed by atoms with van der Waals surface area (Å²) in [5.74, 6) is 1.84. The summed E-state index contributed by atoms with van der Waals surface area (Å²) in [4.78, 5) is 29.1. The van der Waals surface area contributed by atoms with Crippen molar-refractivity contribution in [1.82, 2.24) is 34.7 Å². The lowest BCUT2D eigenvalue weighted by Gasteiger charge is -2.36. The highest BCUT2D eigenvalue weighted by atomic mass is 15.3. The number of piperidine rings is 1. The van der Waals surface area contributed by atoms with E-state index in [1.807, 2.05) is 18.6 Å². The first-order valence-corrected chi connectivity index (χ1v) is 14.8. The monoisotopic (exact) mass is 537 g/mol. The third-order valence-corrected chi connectivity index (χ3v) is 8.75. The summed E-state index contributed by atoms with van der Waals surface area (Å²) in [5, 5.41) is 3.85. The average Bonchev–Trinajstić information content (AvgIpc) is 3.71. The molecule has 0 amide bonds. The number of H-pyrrole nitrogens is 1. The number of anilines is 2. The highest BCUT2D eigenvalue weighted by Gasteiger charge is 2.27. The summed E-state index contributed by atoms with van der Waals surface area (Å²) in [7, 11) is 0. The molecule has 1 saturated carbocycles. The number of hydrogen-bond acceptors (Lipinski definition) is 8. The van der Waals surface area contributed by atoms with Crippen molar-refractivity contribution in [1.29, 1.82) is 0 Å². The van der Waals surface area contributed by atoms with Gasteiger partial charge in [-0.05, 0) is 68.4 Å². The van der Waals surface area contributed by atoms with Gasteiger partial charge in [-0.1, -0.05) is 0 Å². The Morgan fingerprint density at radius 3 is 2.35 bits per heavy atom. The van der Waals surface area contributed by atoms with Crippen LogP contribution < -0.4 is 10.2 Å². The van der Waals surface area contributed by atoms with Crippen LogP contribution in [0, 0.1) is 12.8 Å². The maximum absolute atomic E-state index is 5.04. The van der Waals surface area contributed by atoms with Crippen LogP contribution in [0.4, 0.5) is 11.4 Å². The molecule has 208 valence electrons. The molecule has 3 aliphatic rings. The Balaban J connectivity index is 0.999. The van der Waals surface area contributed by atoms with E-state index in [2.05, 4.69) is 71.1 Å². The molecule has 1 aromatic carbocycles. The molecule has 0 spiro atoms. The Labute approximate surface area is 236 Å². The molecule has 3 fully saturated rings. The molecule has 2 N–H and O–H groups in total. The van der Waals surface area contributed by atoms with E-state index in [1.54, 1.807) is 6.33 Å². The zero-order valence-electron chi connectivity index (χ0n) is 23.4. The summed E-state index contributed by atoms with van der Waals surface area (Å²) >= 11 is 0. The van der Waals surface area contributed by atoms with Crippen LogP contribution in [0.25, 0.3) is 22.6 Å². The fraction of sp³-hybridized carbons (Fsp3) is 0.484. The summed E-state index contributed by atoms with van der Waals surface area (Å²) in [6, 6.07) is 9.28. The summed E-state index contributed by atoms with van der Waals surface area (Å²) < 4.78 is 0. The number of pyridine rings is 1. The van der Waals surface area contributed by atoms with Crippen molar-refractivity contribution in [3.63, 3.8) is 0 Å². The molecule has 0 unspecified atom stereocenters. The van der Waals surface area contributed by atoms with E-state index < -0.39 is 0 Å². The molecule has 7 rings (SSSR count). The molecule has 2 aliphatic heterocycles. The van der Waals surface area contributed by atoms with Crippen LogP contribution in [-0.4, -0.2) is 86.6 Å². The van der Waals surface area contributed by atoms with Gasteiger partial charge >= 0.3 is 0 Å². The van der Waals surface area contributed by atoms with Gasteiger partial charge in [0.1, 0.15) is 17.7 Å². The van der Waals surface area contributed by atoms with Crippen molar-refractivity contribution in [2.45, 2.75) is 45.2 Å². The van der Waals surface area contributed by atoms with Gasteiger partial charge in [0, 0.05) is 93.8 Å². The van der Waals surface area contributed by atoms with Gasteiger partial charge in [0.2, 0.25) is 0 Å². The van der Waals surface area contributed by atoms with Crippen molar-refractivity contribution in [2.75, 3.05) is 56.0 Å². The molecule has 3 aromatic heterocycles.